The fourth-order valence-corrected chi connectivity index (χ4v) is 2.08. The van der Waals surface area contributed by atoms with Crippen molar-refractivity contribution in [3.8, 4) is 0 Å². The summed E-state index contributed by atoms with van der Waals surface area (Å²) in [7, 11) is 0. The van der Waals surface area contributed by atoms with Gasteiger partial charge in [0.05, 0.1) is 6.61 Å². The Kier molecular flexibility index (Phi) is 10.7. The molecule has 0 radical (unpaired) electrons. The highest BCUT2D eigenvalue weighted by Gasteiger charge is 2.42. The van der Waals surface area contributed by atoms with E-state index in [1.165, 1.54) is 0 Å². The van der Waals surface area contributed by atoms with Crippen molar-refractivity contribution < 1.29 is 52.8 Å². The summed E-state index contributed by atoms with van der Waals surface area (Å²) in [5.74, 6) is -4.01. The second kappa shape index (κ2) is 11.8. The van der Waals surface area contributed by atoms with Gasteiger partial charge in [0, 0.05) is 41.0 Å². The molecule has 0 aliphatic rings. The molecular formula is C16H24O11. The number of carbonyl (C=O) groups is 5. The van der Waals surface area contributed by atoms with Gasteiger partial charge in [-0.15, -0.1) is 0 Å². The largest absolute Gasteiger partial charge is 0.466 e. The van der Waals surface area contributed by atoms with Gasteiger partial charge in [-0.1, -0.05) is 0 Å². The Morgan fingerprint density at radius 2 is 1.11 bits per heavy atom. The molecule has 0 aliphatic carbocycles. The van der Waals surface area contributed by atoms with E-state index in [1.807, 2.05) is 0 Å². The van der Waals surface area contributed by atoms with Crippen LogP contribution in [0.1, 0.15) is 41.0 Å². The third-order valence-electron chi connectivity index (χ3n) is 2.89. The quantitative estimate of drug-likeness (QED) is 0.294. The van der Waals surface area contributed by atoms with E-state index in [-0.39, 0.29) is 13.0 Å². The highest BCUT2D eigenvalue weighted by Crippen LogP contribution is 2.20. The number of carbonyl (C=O) groups excluding carboxylic acids is 5. The number of hydrogen-bond acceptors (Lipinski definition) is 11. The van der Waals surface area contributed by atoms with E-state index in [1.54, 1.807) is 0 Å². The van der Waals surface area contributed by atoms with Gasteiger partial charge in [-0.2, -0.15) is 0 Å². The lowest BCUT2D eigenvalue weighted by molar-refractivity contribution is -0.227. The van der Waals surface area contributed by atoms with Crippen LogP contribution < -0.4 is 0 Å². The van der Waals surface area contributed by atoms with Gasteiger partial charge in [0.2, 0.25) is 12.4 Å². The first-order chi connectivity index (χ1) is 12.4. The molecule has 0 saturated carbocycles. The van der Waals surface area contributed by atoms with Crippen LogP contribution in [0.2, 0.25) is 0 Å². The van der Waals surface area contributed by atoms with E-state index in [9.17, 15) is 29.1 Å². The van der Waals surface area contributed by atoms with Gasteiger partial charge in [-0.3, -0.25) is 24.0 Å². The number of aliphatic hydroxyl groups excluding tert-OH is 1. The van der Waals surface area contributed by atoms with E-state index < -0.39 is 54.4 Å². The van der Waals surface area contributed by atoms with E-state index in [0.717, 1.165) is 34.6 Å². The minimum absolute atomic E-state index is 0.151. The van der Waals surface area contributed by atoms with Crippen molar-refractivity contribution in [3.05, 3.63) is 0 Å². The summed E-state index contributed by atoms with van der Waals surface area (Å²) in [5, 5.41) is 10.1. The van der Waals surface area contributed by atoms with Crippen LogP contribution in [0.15, 0.2) is 0 Å². The minimum atomic E-state index is -2.01. The SMILES string of the molecule is CC(=O)OCC[C@@H](OC(C)=O)[C@H](OC(C)=O)C(OC(C)=O)[C@@H](O)OC(C)=O. The molecule has 1 N–H and O–H groups in total. The molecule has 0 heterocycles. The van der Waals surface area contributed by atoms with E-state index in [4.69, 9.17) is 18.9 Å². The monoisotopic (exact) mass is 392 g/mol. The van der Waals surface area contributed by atoms with Gasteiger partial charge >= 0.3 is 29.8 Å². The highest BCUT2D eigenvalue weighted by atomic mass is 16.7. The van der Waals surface area contributed by atoms with Gasteiger partial charge in [0.1, 0.15) is 6.10 Å². The lowest BCUT2D eigenvalue weighted by Gasteiger charge is -2.33. The number of rotatable bonds is 10. The lowest BCUT2D eigenvalue weighted by atomic mass is 10.0. The van der Waals surface area contributed by atoms with Crippen LogP contribution in [0, 0.1) is 0 Å². The summed E-state index contributed by atoms with van der Waals surface area (Å²) >= 11 is 0. The fourth-order valence-electron chi connectivity index (χ4n) is 2.08. The molecule has 0 spiro atoms. The molecule has 0 aromatic heterocycles. The summed E-state index contributed by atoms with van der Waals surface area (Å²) in [4.78, 5) is 56.3. The molecule has 27 heavy (non-hydrogen) atoms. The number of esters is 5. The molecule has 11 nitrogen and oxygen atoms in total. The number of ether oxygens (including phenoxy) is 5. The molecule has 0 bridgehead atoms. The molecule has 154 valence electrons. The average molecular weight is 392 g/mol. The maximum absolute atomic E-state index is 11.5. The van der Waals surface area contributed by atoms with Crippen molar-refractivity contribution in [3.63, 3.8) is 0 Å². The standard InChI is InChI=1S/C16H24O11/c1-8(17)23-7-6-13(24-9(2)18)14(25-10(3)19)15(26-11(4)20)16(22)27-12(5)21/h13-16,22H,6-7H2,1-5H3/t13-,14+,15?,16+/m1/s1. The molecule has 4 atom stereocenters. The van der Waals surface area contributed by atoms with Crippen LogP contribution in [-0.2, 0) is 47.7 Å². The first kappa shape index (κ1) is 24.3. The van der Waals surface area contributed by atoms with Crippen LogP contribution in [0.5, 0.6) is 0 Å². The zero-order chi connectivity index (χ0) is 21.1. The fraction of sp³-hybridized carbons (Fsp3) is 0.688. The zero-order valence-electron chi connectivity index (χ0n) is 15.8. The molecular weight excluding hydrogens is 368 g/mol. The Morgan fingerprint density at radius 1 is 0.667 bits per heavy atom. The second-order valence-electron chi connectivity index (χ2n) is 5.42. The predicted molar refractivity (Wildman–Crippen MR) is 85.7 cm³/mol. The molecule has 0 aromatic rings. The van der Waals surface area contributed by atoms with Crippen LogP contribution in [0.25, 0.3) is 0 Å². The Balaban J connectivity index is 5.74. The van der Waals surface area contributed by atoms with Crippen molar-refractivity contribution in [2.24, 2.45) is 0 Å². The molecule has 0 fully saturated rings. The van der Waals surface area contributed by atoms with Gasteiger partial charge < -0.3 is 28.8 Å². The molecule has 11 heteroatoms. The molecule has 1 unspecified atom stereocenters. The van der Waals surface area contributed by atoms with Gasteiger partial charge in [0.25, 0.3) is 0 Å². The molecule has 0 rings (SSSR count). The van der Waals surface area contributed by atoms with E-state index in [0.29, 0.717) is 0 Å². The molecule has 0 saturated heterocycles. The zero-order valence-corrected chi connectivity index (χ0v) is 15.8. The smallest absolute Gasteiger partial charge is 0.305 e. The Bertz CT molecular complexity index is 557. The molecule has 0 amide bonds. The van der Waals surface area contributed by atoms with Gasteiger partial charge in [-0.05, 0) is 0 Å². The van der Waals surface area contributed by atoms with Crippen LogP contribution in [0.4, 0.5) is 0 Å². The third kappa shape index (κ3) is 10.8. The van der Waals surface area contributed by atoms with Gasteiger partial charge in [0.15, 0.2) is 6.10 Å². The lowest BCUT2D eigenvalue weighted by Crippen LogP contribution is -2.51. The Labute approximate surface area is 155 Å². The first-order valence-electron chi connectivity index (χ1n) is 7.94. The van der Waals surface area contributed by atoms with Crippen molar-refractivity contribution in [1.82, 2.24) is 0 Å². The number of hydrogen-bond donors (Lipinski definition) is 1. The van der Waals surface area contributed by atoms with Crippen molar-refractivity contribution in [1.29, 1.82) is 0 Å². The van der Waals surface area contributed by atoms with Crippen LogP contribution >= 0.6 is 0 Å². The minimum Gasteiger partial charge on any atom is -0.466 e. The summed E-state index contributed by atoms with van der Waals surface area (Å²) in [5.41, 5.74) is 0. The maximum Gasteiger partial charge on any atom is 0.305 e. The summed E-state index contributed by atoms with van der Waals surface area (Å²) in [6.07, 6.45) is -6.68. The Hall–Kier alpha value is -2.69. The van der Waals surface area contributed by atoms with Crippen molar-refractivity contribution in [2.75, 3.05) is 6.61 Å². The predicted octanol–water partition coefficient (Wildman–Crippen LogP) is -0.384. The maximum atomic E-state index is 11.5. The topological polar surface area (TPSA) is 152 Å². The summed E-state index contributed by atoms with van der Waals surface area (Å²) in [6, 6.07) is 0. The Morgan fingerprint density at radius 3 is 1.52 bits per heavy atom. The molecule has 0 aromatic carbocycles. The first-order valence-corrected chi connectivity index (χ1v) is 7.94. The number of aliphatic hydroxyl groups is 1. The normalized spacial score (nSPS) is 14.7. The molecule has 0 aliphatic heterocycles. The van der Waals surface area contributed by atoms with Crippen LogP contribution in [0.3, 0.4) is 0 Å². The van der Waals surface area contributed by atoms with Crippen LogP contribution in [-0.4, -0.2) is 66.2 Å². The van der Waals surface area contributed by atoms with Gasteiger partial charge in [-0.25, -0.2) is 0 Å². The summed E-state index contributed by atoms with van der Waals surface area (Å²) in [6.45, 7) is 5.06. The van der Waals surface area contributed by atoms with E-state index in [2.05, 4.69) is 4.74 Å². The summed E-state index contributed by atoms with van der Waals surface area (Å²) < 4.78 is 24.4. The highest BCUT2D eigenvalue weighted by molar-refractivity contribution is 5.69. The van der Waals surface area contributed by atoms with Crippen molar-refractivity contribution in [2.45, 2.75) is 65.6 Å². The van der Waals surface area contributed by atoms with Crippen molar-refractivity contribution >= 4 is 29.8 Å². The van der Waals surface area contributed by atoms with E-state index >= 15 is 0 Å². The average Bonchev–Trinajstić information content (AvgIpc) is 2.47. The third-order valence-corrected chi connectivity index (χ3v) is 2.89. The second-order valence-corrected chi connectivity index (χ2v) is 5.42.